The lowest BCUT2D eigenvalue weighted by molar-refractivity contribution is 0.0941. The first kappa shape index (κ1) is 18.7. The molecule has 25 heavy (non-hydrogen) atoms. The number of amides is 1. The summed E-state index contributed by atoms with van der Waals surface area (Å²) in [6, 6.07) is 11.3. The summed E-state index contributed by atoms with van der Waals surface area (Å²) in [6.07, 6.45) is 1.52. The third-order valence-corrected chi connectivity index (χ3v) is 3.85. The number of likely N-dealkylation sites (N-methyl/N-ethyl adjacent to an activating group) is 1. The summed E-state index contributed by atoms with van der Waals surface area (Å²) in [4.78, 5) is 18.5. The van der Waals surface area contributed by atoms with Gasteiger partial charge in [-0.1, -0.05) is 12.1 Å². The van der Waals surface area contributed by atoms with E-state index in [1.807, 2.05) is 45.3 Å². The summed E-state index contributed by atoms with van der Waals surface area (Å²) in [6.45, 7) is 2.91. The minimum atomic E-state index is -0.162. The Morgan fingerprint density at radius 1 is 1.28 bits per heavy atom. The lowest BCUT2D eigenvalue weighted by Gasteiger charge is -2.25. The molecule has 1 atom stereocenters. The number of nitrogens with one attached hydrogen (secondary N) is 1. The summed E-state index contributed by atoms with van der Waals surface area (Å²) in [5.41, 5.74) is 1.58. The van der Waals surface area contributed by atoms with Crippen molar-refractivity contribution in [1.82, 2.24) is 15.2 Å². The van der Waals surface area contributed by atoms with Crippen LogP contribution in [0.5, 0.6) is 11.6 Å². The van der Waals surface area contributed by atoms with Crippen LogP contribution in [0, 0.1) is 0 Å². The first-order valence-corrected chi connectivity index (χ1v) is 8.22. The molecule has 2 rings (SSSR count). The van der Waals surface area contributed by atoms with Crippen LogP contribution in [0.3, 0.4) is 0 Å². The highest BCUT2D eigenvalue weighted by Gasteiger charge is 2.16. The van der Waals surface area contributed by atoms with Gasteiger partial charge >= 0.3 is 0 Å². The Labute approximate surface area is 148 Å². The standard InChI is InChI=1S/C19H25N3O3/c1-5-25-18-10-9-15(12-20-18)19(23)21-13-17(22(2)3)14-7-6-8-16(11-14)24-4/h6-12,17H,5,13H2,1-4H3,(H,21,23). The number of pyridine rings is 1. The minimum Gasteiger partial charge on any atom is -0.497 e. The Kier molecular flexibility index (Phi) is 6.77. The normalized spacial score (nSPS) is 11.9. The number of rotatable bonds is 8. The van der Waals surface area contributed by atoms with Gasteiger partial charge in [-0.3, -0.25) is 4.79 Å². The maximum absolute atomic E-state index is 12.4. The fraction of sp³-hybridized carbons (Fsp3) is 0.368. The van der Waals surface area contributed by atoms with Gasteiger partial charge in [-0.05, 0) is 44.8 Å². The summed E-state index contributed by atoms with van der Waals surface area (Å²) in [5, 5.41) is 2.97. The fourth-order valence-electron chi connectivity index (χ4n) is 2.49. The van der Waals surface area contributed by atoms with E-state index in [2.05, 4.69) is 15.2 Å². The van der Waals surface area contributed by atoms with Crippen molar-refractivity contribution >= 4 is 5.91 Å². The molecule has 1 aromatic carbocycles. The zero-order chi connectivity index (χ0) is 18.2. The van der Waals surface area contributed by atoms with E-state index in [-0.39, 0.29) is 11.9 Å². The molecule has 1 N–H and O–H groups in total. The van der Waals surface area contributed by atoms with Crippen molar-refractivity contribution in [3.63, 3.8) is 0 Å². The number of aromatic nitrogens is 1. The average Bonchev–Trinajstić information content (AvgIpc) is 2.62. The van der Waals surface area contributed by atoms with E-state index in [1.165, 1.54) is 6.20 Å². The van der Waals surface area contributed by atoms with Crippen LogP contribution in [0.15, 0.2) is 42.6 Å². The van der Waals surface area contributed by atoms with E-state index in [0.717, 1.165) is 11.3 Å². The summed E-state index contributed by atoms with van der Waals surface area (Å²) in [5.74, 6) is 1.15. The third kappa shape index (κ3) is 5.19. The molecular weight excluding hydrogens is 318 g/mol. The summed E-state index contributed by atoms with van der Waals surface area (Å²) in [7, 11) is 5.61. The molecule has 0 aliphatic heterocycles. The highest BCUT2D eigenvalue weighted by Crippen LogP contribution is 2.22. The van der Waals surface area contributed by atoms with Crippen LogP contribution in [0.4, 0.5) is 0 Å². The van der Waals surface area contributed by atoms with E-state index in [0.29, 0.717) is 24.6 Å². The summed E-state index contributed by atoms with van der Waals surface area (Å²) >= 11 is 0. The van der Waals surface area contributed by atoms with E-state index in [4.69, 9.17) is 9.47 Å². The van der Waals surface area contributed by atoms with Crippen LogP contribution in [0.1, 0.15) is 28.9 Å². The maximum atomic E-state index is 12.4. The SMILES string of the molecule is CCOc1ccc(C(=O)NCC(c2cccc(OC)c2)N(C)C)cn1. The maximum Gasteiger partial charge on any atom is 0.252 e. The van der Waals surface area contributed by atoms with Crippen LogP contribution in [-0.2, 0) is 0 Å². The highest BCUT2D eigenvalue weighted by molar-refractivity contribution is 5.93. The highest BCUT2D eigenvalue weighted by atomic mass is 16.5. The number of carbonyl (C=O) groups is 1. The van der Waals surface area contributed by atoms with Crippen molar-refractivity contribution in [1.29, 1.82) is 0 Å². The minimum absolute atomic E-state index is 0.0368. The number of hydrogen-bond acceptors (Lipinski definition) is 5. The van der Waals surface area contributed by atoms with Gasteiger partial charge in [0.05, 0.1) is 25.3 Å². The van der Waals surface area contributed by atoms with Crippen molar-refractivity contribution in [2.24, 2.45) is 0 Å². The molecule has 1 unspecified atom stereocenters. The molecule has 0 saturated heterocycles. The Morgan fingerprint density at radius 3 is 2.68 bits per heavy atom. The van der Waals surface area contributed by atoms with E-state index in [9.17, 15) is 4.79 Å². The van der Waals surface area contributed by atoms with Crippen LogP contribution in [-0.4, -0.2) is 50.1 Å². The van der Waals surface area contributed by atoms with Gasteiger partial charge in [0.15, 0.2) is 0 Å². The smallest absolute Gasteiger partial charge is 0.252 e. The first-order valence-electron chi connectivity index (χ1n) is 8.22. The molecule has 0 aliphatic rings. The second kappa shape index (κ2) is 9.03. The van der Waals surface area contributed by atoms with Gasteiger partial charge in [0, 0.05) is 18.8 Å². The van der Waals surface area contributed by atoms with Crippen LogP contribution >= 0.6 is 0 Å². The molecule has 0 radical (unpaired) electrons. The molecule has 0 aliphatic carbocycles. The molecule has 0 spiro atoms. The monoisotopic (exact) mass is 343 g/mol. The lowest BCUT2D eigenvalue weighted by Crippen LogP contribution is -2.34. The number of methoxy groups -OCH3 is 1. The molecule has 6 nitrogen and oxygen atoms in total. The predicted octanol–water partition coefficient (Wildman–Crippen LogP) is 2.52. The zero-order valence-electron chi connectivity index (χ0n) is 15.2. The third-order valence-electron chi connectivity index (χ3n) is 3.85. The van der Waals surface area contributed by atoms with E-state index in [1.54, 1.807) is 19.2 Å². The van der Waals surface area contributed by atoms with Gasteiger partial charge in [-0.2, -0.15) is 0 Å². The van der Waals surface area contributed by atoms with Gasteiger partial charge < -0.3 is 19.7 Å². The van der Waals surface area contributed by atoms with Gasteiger partial charge in [0.2, 0.25) is 5.88 Å². The Morgan fingerprint density at radius 2 is 2.08 bits per heavy atom. The molecule has 1 aromatic heterocycles. The largest absolute Gasteiger partial charge is 0.497 e. The number of hydrogen-bond donors (Lipinski definition) is 1. The summed E-state index contributed by atoms with van der Waals surface area (Å²) < 4.78 is 10.6. The lowest BCUT2D eigenvalue weighted by atomic mass is 10.1. The second-order valence-corrected chi connectivity index (χ2v) is 5.78. The van der Waals surface area contributed by atoms with Gasteiger partial charge in [0.1, 0.15) is 5.75 Å². The molecule has 1 amide bonds. The van der Waals surface area contributed by atoms with Crippen LogP contribution in [0.25, 0.3) is 0 Å². The molecule has 134 valence electrons. The molecule has 1 heterocycles. The van der Waals surface area contributed by atoms with Gasteiger partial charge in [-0.25, -0.2) is 4.98 Å². The van der Waals surface area contributed by atoms with Crippen molar-refractivity contribution in [3.8, 4) is 11.6 Å². The fourth-order valence-corrected chi connectivity index (χ4v) is 2.49. The first-order chi connectivity index (χ1) is 12.0. The second-order valence-electron chi connectivity index (χ2n) is 5.78. The number of nitrogens with zero attached hydrogens (tertiary/aromatic N) is 2. The topological polar surface area (TPSA) is 63.7 Å². The van der Waals surface area contributed by atoms with Crippen LogP contribution < -0.4 is 14.8 Å². The molecule has 6 heteroatoms. The van der Waals surface area contributed by atoms with Crippen LogP contribution in [0.2, 0.25) is 0 Å². The molecule has 0 bridgehead atoms. The zero-order valence-corrected chi connectivity index (χ0v) is 15.2. The molecule has 0 saturated carbocycles. The molecular formula is C19H25N3O3. The van der Waals surface area contributed by atoms with E-state index >= 15 is 0 Å². The van der Waals surface area contributed by atoms with E-state index < -0.39 is 0 Å². The van der Waals surface area contributed by atoms with Crippen molar-refractivity contribution < 1.29 is 14.3 Å². The number of benzene rings is 1. The van der Waals surface area contributed by atoms with Gasteiger partial charge in [0.25, 0.3) is 5.91 Å². The Balaban J connectivity index is 2.03. The molecule has 2 aromatic rings. The Bertz CT molecular complexity index is 687. The van der Waals surface area contributed by atoms with Crippen molar-refractivity contribution in [2.45, 2.75) is 13.0 Å². The van der Waals surface area contributed by atoms with Crippen molar-refractivity contribution in [3.05, 3.63) is 53.7 Å². The predicted molar refractivity (Wildman–Crippen MR) is 97.2 cm³/mol. The van der Waals surface area contributed by atoms with Gasteiger partial charge in [-0.15, -0.1) is 0 Å². The Hall–Kier alpha value is -2.60. The molecule has 0 fully saturated rings. The average molecular weight is 343 g/mol. The quantitative estimate of drug-likeness (QED) is 0.798. The van der Waals surface area contributed by atoms with Crippen molar-refractivity contribution in [2.75, 3.05) is 34.4 Å². The number of ether oxygens (including phenoxy) is 2. The number of carbonyl (C=O) groups excluding carboxylic acids is 1.